The minimum absolute atomic E-state index is 0.623. The molecule has 0 fully saturated rings. The van der Waals surface area contributed by atoms with Gasteiger partial charge in [-0.3, -0.25) is 4.90 Å². The molecule has 0 aromatic heterocycles. The van der Waals surface area contributed by atoms with Crippen molar-refractivity contribution in [1.82, 2.24) is 4.90 Å². The standard InChI is InChI=1S/C8H13NO7/c1-7(16,4(10)11)8(5(12)13,6(14)15)9(2)3/h16H,1-3H3,(H,10,11)(H,12,13)(H,14,15). The van der Waals surface area contributed by atoms with Gasteiger partial charge in [-0.25, -0.2) is 14.4 Å². The first-order valence-corrected chi connectivity index (χ1v) is 4.12. The Morgan fingerprint density at radius 2 is 1.25 bits per heavy atom. The van der Waals surface area contributed by atoms with Crippen molar-refractivity contribution >= 4 is 17.9 Å². The van der Waals surface area contributed by atoms with E-state index in [1.807, 2.05) is 0 Å². The number of carboxylic acid groups (broad SMARTS) is 3. The predicted molar refractivity (Wildman–Crippen MR) is 49.9 cm³/mol. The Morgan fingerprint density at radius 3 is 1.31 bits per heavy atom. The summed E-state index contributed by atoms with van der Waals surface area (Å²) in [5, 5.41) is 36.1. The van der Waals surface area contributed by atoms with Crippen LogP contribution in [-0.2, 0) is 14.4 Å². The molecule has 8 nitrogen and oxygen atoms in total. The number of carbonyl (C=O) groups is 3. The molecule has 92 valence electrons. The van der Waals surface area contributed by atoms with E-state index in [-0.39, 0.29) is 0 Å². The molecule has 0 saturated heterocycles. The number of carboxylic acids is 3. The van der Waals surface area contributed by atoms with Crippen molar-refractivity contribution in [3.8, 4) is 0 Å². The lowest BCUT2D eigenvalue weighted by Gasteiger charge is -2.39. The van der Waals surface area contributed by atoms with Crippen LogP contribution in [0, 0.1) is 0 Å². The van der Waals surface area contributed by atoms with Crippen LogP contribution in [0.15, 0.2) is 0 Å². The fraction of sp³-hybridized carbons (Fsp3) is 0.625. The van der Waals surface area contributed by atoms with E-state index in [1.54, 1.807) is 0 Å². The van der Waals surface area contributed by atoms with Gasteiger partial charge >= 0.3 is 17.9 Å². The third-order valence-corrected chi connectivity index (χ3v) is 2.41. The van der Waals surface area contributed by atoms with Gasteiger partial charge in [0.05, 0.1) is 0 Å². The first-order chi connectivity index (χ1) is 7.02. The molecular weight excluding hydrogens is 222 g/mol. The summed E-state index contributed by atoms with van der Waals surface area (Å²) < 4.78 is 0. The maximum absolute atomic E-state index is 11.0. The second-order valence-electron chi connectivity index (χ2n) is 3.59. The Hall–Kier alpha value is -1.67. The summed E-state index contributed by atoms with van der Waals surface area (Å²) in [5.74, 6) is -5.86. The Balaban J connectivity index is 6.03. The zero-order valence-corrected chi connectivity index (χ0v) is 8.96. The van der Waals surface area contributed by atoms with Gasteiger partial charge in [-0.15, -0.1) is 0 Å². The SMILES string of the molecule is CN(C)C(C(=O)O)(C(=O)O)C(C)(O)C(=O)O. The lowest BCUT2D eigenvalue weighted by atomic mass is 9.79. The van der Waals surface area contributed by atoms with Crippen LogP contribution in [0.5, 0.6) is 0 Å². The van der Waals surface area contributed by atoms with Crippen molar-refractivity contribution in [3.63, 3.8) is 0 Å². The summed E-state index contributed by atoms with van der Waals surface area (Å²) in [6.07, 6.45) is 0. The summed E-state index contributed by atoms with van der Waals surface area (Å²) in [5.41, 5.74) is -5.94. The van der Waals surface area contributed by atoms with E-state index in [0.29, 0.717) is 11.8 Å². The highest BCUT2D eigenvalue weighted by molar-refractivity contribution is 6.09. The fourth-order valence-corrected chi connectivity index (χ4v) is 1.48. The molecule has 0 aliphatic rings. The van der Waals surface area contributed by atoms with E-state index in [2.05, 4.69) is 0 Å². The van der Waals surface area contributed by atoms with Crippen LogP contribution in [0.3, 0.4) is 0 Å². The van der Waals surface area contributed by atoms with Crippen LogP contribution in [-0.4, -0.2) is 68.5 Å². The van der Waals surface area contributed by atoms with Gasteiger partial charge in [0, 0.05) is 0 Å². The molecule has 1 atom stereocenters. The van der Waals surface area contributed by atoms with Crippen LogP contribution in [0.2, 0.25) is 0 Å². The zero-order chi connectivity index (χ0) is 13.3. The van der Waals surface area contributed by atoms with Crippen molar-refractivity contribution in [3.05, 3.63) is 0 Å². The molecule has 0 heterocycles. The van der Waals surface area contributed by atoms with Crippen LogP contribution in [0.25, 0.3) is 0 Å². The molecule has 0 aromatic carbocycles. The summed E-state index contributed by atoms with van der Waals surface area (Å²) in [6, 6.07) is 0. The number of nitrogens with zero attached hydrogens (tertiary/aromatic N) is 1. The molecule has 0 aliphatic heterocycles. The number of likely N-dealkylation sites (N-methyl/N-ethyl adjacent to an activating group) is 1. The molecule has 0 bridgehead atoms. The zero-order valence-electron chi connectivity index (χ0n) is 8.96. The third-order valence-electron chi connectivity index (χ3n) is 2.41. The monoisotopic (exact) mass is 235 g/mol. The number of aliphatic carboxylic acids is 3. The molecule has 0 aromatic rings. The molecule has 0 saturated carbocycles. The van der Waals surface area contributed by atoms with Crippen molar-refractivity contribution in [2.24, 2.45) is 0 Å². The molecule has 8 heteroatoms. The Bertz CT molecular complexity index is 319. The molecule has 4 N–H and O–H groups in total. The van der Waals surface area contributed by atoms with E-state index in [0.717, 1.165) is 14.1 Å². The van der Waals surface area contributed by atoms with Gasteiger partial charge in [0.15, 0.2) is 5.60 Å². The molecule has 1 unspecified atom stereocenters. The van der Waals surface area contributed by atoms with Gasteiger partial charge in [0.1, 0.15) is 0 Å². The maximum Gasteiger partial charge on any atom is 0.339 e. The quantitative estimate of drug-likeness (QED) is 0.414. The van der Waals surface area contributed by atoms with E-state index < -0.39 is 29.0 Å². The molecule has 0 aliphatic carbocycles. The topological polar surface area (TPSA) is 135 Å². The largest absolute Gasteiger partial charge is 0.479 e. The van der Waals surface area contributed by atoms with Crippen LogP contribution < -0.4 is 0 Å². The van der Waals surface area contributed by atoms with Crippen molar-refractivity contribution < 1.29 is 34.8 Å². The van der Waals surface area contributed by atoms with E-state index >= 15 is 0 Å². The fourth-order valence-electron chi connectivity index (χ4n) is 1.48. The second-order valence-corrected chi connectivity index (χ2v) is 3.59. The van der Waals surface area contributed by atoms with Gasteiger partial charge in [-0.1, -0.05) is 0 Å². The van der Waals surface area contributed by atoms with Crippen molar-refractivity contribution in [2.75, 3.05) is 14.1 Å². The highest BCUT2D eigenvalue weighted by Gasteiger charge is 2.66. The van der Waals surface area contributed by atoms with E-state index in [4.69, 9.17) is 15.3 Å². The summed E-state index contributed by atoms with van der Waals surface area (Å²) in [4.78, 5) is 33.4. The first kappa shape index (κ1) is 14.3. The number of hydrogen-bond acceptors (Lipinski definition) is 5. The minimum Gasteiger partial charge on any atom is -0.479 e. The Morgan fingerprint density at radius 1 is 0.938 bits per heavy atom. The predicted octanol–water partition coefficient (Wildman–Crippen LogP) is -1.71. The first-order valence-electron chi connectivity index (χ1n) is 4.12. The average molecular weight is 235 g/mol. The molecular formula is C8H13NO7. The second kappa shape index (κ2) is 4.06. The molecule has 16 heavy (non-hydrogen) atoms. The molecule has 0 amide bonds. The maximum atomic E-state index is 11.0. The third kappa shape index (κ3) is 1.61. The highest BCUT2D eigenvalue weighted by atomic mass is 16.4. The van der Waals surface area contributed by atoms with Crippen molar-refractivity contribution in [2.45, 2.75) is 18.1 Å². The van der Waals surface area contributed by atoms with Crippen molar-refractivity contribution in [1.29, 1.82) is 0 Å². The molecule has 0 rings (SSSR count). The van der Waals surface area contributed by atoms with Crippen LogP contribution >= 0.6 is 0 Å². The Kier molecular flexibility index (Phi) is 3.64. The summed E-state index contributed by atoms with van der Waals surface area (Å²) >= 11 is 0. The average Bonchev–Trinajstić information content (AvgIpc) is 2.00. The number of rotatable bonds is 5. The summed E-state index contributed by atoms with van der Waals surface area (Å²) in [6.45, 7) is 0.623. The van der Waals surface area contributed by atoms with Gasteiger partial charge in [0.2, 0.25) is 0 Å². The Labute approximate surface area is 90.7 Å². The minimum atomic E-state index is -2.98. The van der Waals surface area contributed by atoms with Gasteiger partial charge < -0.3 is 20.4 Å². The van der Waals surface area contributed by atoms with Crippen LogP contribution in [0.1, 0.15) is 6.92 Å². The molecule has 0 spiro atoms. The number of aliphatic hydroxyl groups is 1. The normalized spacial score (nSPS) is 15.6. The lowest BCUT2D eigenvalue weighted by molar-refractivity contribution is -0.197. The number of hydrogen-bond donors (Lipinski definition) is 4. The van der Waals surface area contributed by atoms with Gasteiger partial charge in [0.25, 0.3) is 5.54 Å². The van der Waals surface area contributed by atoms with Gasteiger partial charge in [-0.2, -0.15) is 0 Å². The smallest absolute Gasteiger partial charge is 0.339 e. The summed E-state index contributed by atoms with van der Waals surface area (Å²) in [7, 11) is 2.11. The lowest BCUT2D eigenvalue weighted by Crippen LogP contribution is -2.73. The van der Waals surface area contributed by atoms with E-state index in [9.17, 15) is 19.5 Å². The van der Waals surface area contributed by atoms with Crippen LogP contribution in [0.4, 0.5) is 0 Å². The van der Waals surface area contributed by atoms with Gasteiger partial charge in [-0.05, 0) is 21.0 Å². The molecule has 0 radical (unpaired) electrons. The highest BCUT2D eigenvalue weighted by Crippen LogP contribution is 2.28. The van der Waals surface area contributed by atoms with E-state index in [1.165, 1.54) is 0 Å².